The fourth-order valence-corrected chi connectivity index (χ4v) is 2.44. The molecule has 21 heavy (non-hydrogen) atoms. The topological polar surface area (TPSA) is 127 Å². The average Bonchev–Trinajstić information content (AvgIpc) is 3.10. The van der Waals surface area contributed by atoms with Crippen LogP contribution < -0.4 is 5.32 Å². The van der Waals surface area contributed by atoms with Crippen molar-refractivity contribution in [1.29, 1.82) is 0 Å². The van der Waals surface area contributed by atoms with Gasteiger partial charge >= 0.3 is 5.97 Å². The monoisotopic (exact) mass is 316 g/mol. The summed E-state index contributed by atoms with van der Waals surface area (Å²) in [6.07, 6.45) is 2.78. The quantitative estimate of drug-likeness (QED) is 0.734. The van der Waals surface area contributed by atoms with Crippen LogP contribution in [-0.4, -0.2) is 48.6 Å². The molecule has 1 amide bonds. The molecule has 1 aromatic rings. The van der Waals surface area contributed by atoms with E-state index in [4.69, 9.17) is 9.63 Å². The van der Waals surface area contributed by atoms with Crippen LogP contribution in [0, 0.1) is 0 Å². The molecule has 1 saturated carbocycles. The lowest BCUT2D eigenvalue weighted by molar-refractivity contribution is -0.139. The molecule has 1 unspecified atom stereocenters. The second kappa shape index (κ2) is 5.84. The van der Waals surface area contributed by atoms with E-state index in [9.17, 15) is 18.0 Å². The van der Waals surface area contributed by atoms with Crippen molar-refractivity contribution in [3.63, 3.8) is 0 Å². The van der Waals surface area contributed by atoms with Gasteiger partial charge < -0.3 is 14.9 Å². The van der Waals surface area contributed by atoms with Crippen LogP contribution in [0.15, 0.2) is 10.6 Å². The number of carbonyl (C=O) groups is 2. The maximum absolute atomic E-state index is 11.9. The molecule has 1 fully saturated rings. The van der Waals surface area contributed by atoms with Crippen LogP contribution in [0.25, 0.3) is 0 Å². The lowest BCUT2D eigenvalue weighted by Gasteiger charge is -2.12. The highest BCUT2D eigenvalue weighted by Crippen LogP contribution is 2.40. The first-order valence-corrected chi connectivity index (χ1v) is 8.50. The average molecular weight is 316 g/mol. The Morgan fingerprint density at radius 3 is 2.71 bits per heavy atom. The van der Waals surface area contributed by atoms with E-state index >= 15 is 0 Å². The normalized spacial score (nSPS) is 16.4. The predicted octanol–water partition coefficient (Wildman–Crippen LogP) is 0.170. The Balaban J connectivity index is 1.98. The summed E-state index contributed by atoms with van der Waals surface area (Å²) < 4.78 is 27.1. The first kappa shape index (κ1) is 15.5. The van der Waals surface area contributed by atoms with E-state index in [-0.39, 0.29) is 17.9 Å². The molecule has 1 atom stereocenters. The molecule has 0 aliphatic heterocycles. The Hall–Kier alpha value is -1.90. The molecule has 1 aliphatic rings. The van der Waals surface area contributed by atoms with Crippen molar-refractivity contribution in [2.24, 2.45) is 0 Å². The van der Waals surface area contributed by atoms with E-state index < -0.39 is 27.8 Å². The molecular formula is C12H16N2O6S. The van der Waals surface area contributed by atoms with Crippen LogP contribution >= 0.6 is 0 Å². The van der Waals surface area contributed by atoms with Crippen LogP contribution in [0.4, 0.5) is 0 Å². The molecule has 0 saturated heterocycles. The highest BCUT2D eigenvalue weighted by Gasteiger charge is 2.30. The molecule has 2 rings (SSSR count). The number of nitrogens with zero attached hydrogens (tertiary/aromatic N) is 1. The summed E-state index contributed by atoms with van der Waals surface area (Å²) in [5.41, 5.74) is 0.00232. The molecule has 1 heterocycles. The number of hydrogen-bond donors (Lipinski definition) is 2. The minimum Gasteiger partial charge on any atom is -0.480 e. The maximum atomic E-state index is 11.9. The van der Waals surface area contributed by atoms with Crippen molar-refractivity contribution in [2.75, 3.05) is 12.0 Å². The van der Waals surface area contributed by atoms with E-state index in [1.54, 1.807) is 0 Å². The summed E-state index contributed by atoms with van der Waals surface area (Å²) in [7, 11) is -3.30. The van der Waals surface area contributed by atoms with Crippen molar-refractivity contribution >= 4 is 21.7 Å². The number of sulfone groups is 1. The number of aromatic nitrogens is 1. The molecule has 0 radical (unpaired) electrons. The van der Waals surface area contributed by atoms with Gasteiger partial charge in [-0.05, 0) is 19.3 Å². The van der Waals surface area contributed by atoms with Crippen LogP contribution in [0.3, 0.4) is 0 Å². The number of carboxylic acid groups (broad SMARTS) is 1. The Morgan fingerprint density at radius 1 is 1.52 bits per heavy atom. The maximum Gasteiger partial charge on any atom is 0.326 e. The predicted molar refractivity (Wildman–Crippen MR) is 71.7 cm³/mol. The molecule has 8 nitrogen and oxygen atoms in total. The highest BCUT2D eigenvalue weighted by atomic mass is 32.2. The smallest absolute Gasteiger partial charge is 0.326 e. The van der Waals surface area contributed by atoms with E-state index in [0.29, 0.717) is 11.7 Å². The summed E-state index contributed by atoms with van der Waals surface area (Å²) in [5.74, 6) is -1.40. The van der Waals surface area contributed by atoms with Gasteiger partial charge in [-0.15, -0.1) is 0 Å². The number of rotatable bonds is 7. The zero-order valence-electron chi connectivity index (χ0n) is 11.4. The third-order valence-electron chi connectivity index (χ3n) is 3.12. The molecule has 2 N–H and O–H groups in total. The zero-order valence-corrected chi connectivity index (χ0v) is 12.2. The third-order valence-corrected chi connectivity index (χ3v) is 4.10. The fraction of sp³-hybridized carbons (Fsp3) is 0.583. The molecule has 0 aromatic carbocycles. The van der Waals surface area contributed by atoms with Gasteiger partial charge in [0, 0.05) is 18.2 Å². The standard InChI is InChI=1S/C12H16N2O6S/c1-21(18,19)5-4-8(12(16)17)13-11(15)9-6-10(20-14-9)7-2-3-7/h6-8H,2-5H2,1H3,(H,13,15)(H,16,17). The minimum absolute atomic E-state index is 0.00232. The third kappa shape index (κ3) is 4.55. The van der Waals surface area contributed by atoms with Crippen molar-refractivity contribution < 1.29 is 27.6 Å². The molecule has 0 bridgehead atoms. The number of hydrogen-bond acceptors (Lipinski definition) is 6. The number of carbonyl (C=O) groups excluding carboxylic acids is 1. The van der Waals surface area contributed by atoms with E-state index in [0.717, 1.165) is 19.1 Å². The van der Waals surface area contributed by atoms with Gasteiger partial charge in [-0.3, -0.25) is 4.79 Å². The van der Waals surface area contributed by atoms with Crippen molar-refractivity contribution in [3.8, 4) is 0 Å². The van der Waals surface area contributed by atoms with Crippen LogP contribution in [-0.2, 0) is 14.6 Å². The van der Waals surface area contributed by atoms with Gasteiger partial charge in [0.05, 0.1) is 5.75 Å². The van der Waals surface area contributed by atoms with Crippen LogP contribution in [0.5, 0.6) is 0 Å². The zero-order chi connectivity index (χ0) is 15.6. The summed E-state index contributed by atoms with van der Waals surface area (Å²) >= 11 is 0. The fourth-order valence-electron chi connectivity index (χ4n) is 1.78. The molecule has 1 aromatic heterocycles. The summed E-state index contributed by atoms with van der Waals surface area (Å²) in [6, 6.07) is 0.205. The highest BCUT2D eigenvalue weighted by molar-refractivity contribution is 7.90. The molecule has 116 valence electrons. The van der Waals surface area contributed by atoms with Gasteiger partial charge in [0.25, 0.3) is 5.91 Å². The Morgan fingerprint density at radius 2 is 2.19 bits per heavy atom. The first-order valence-electron chi connectivity index (χ1n) is 6.44. The largest absolute Gasteiger partial charge is 0.480 e. The van der Waals surface area contributed by atoms with Gasteiger partial charge in [-0.2, -0.15) is 0 Å². The Kier molecular flexibility index (Phi) is 4.31. The van der Waals surface area contributed by atoms with E-state index in [2.05, 4.69) is 10.5 Å². The van der Waals surface area contributed by atoms with E-state index in [1.807, 2.05) is 0 Å². The Bertz CT molecular complexity index is 646. The summed E-state index contributed by atoms with van der Waals surface area (Å²) in [4.78, 5) is 22.9. The van der Waals surface area contributed by atoms with Gasteiger partial charge in [0.1, 0.15) is 21.6 Å². The molecular weight excluding hydrogens is 300 g/mol. The van der Waals surface area contributed by atoms with Gasteiger partial charge in [-0.25, -0.2) is 13.2 Å². The lowest BCUT2D eigenvalue weighted by Crippen LogP contribution is -2.42. The second-order valence-corrected chi connectivity index (χ2v) is 7.43. The number of carboxylic acids is 1. The van der Waals surface area contributed by atoms with Gasteiger partial charge in [-0.1, -0.05) is 5.16 Å². The SMILES string of the molecule is CS(=O)(=O)CCC(NC(=O)c1cc(C2CC2)on1)C(=O)O. The van der Waals surface area contributed by atoms with E-state index in [1.165, 1.54) is 6.07 Å². The molecule has 0 spiro atoms. The number of nitrogens with one attached hydrogen (secondary N) is 1. The lowest BCUT2D eigenvalue weighted by atomic mass is 10.2. The van der Waals surface area contributed by atoms with Gasteiger partial charge in [0.2, 0.25) is 0 Å². The van der Waals surface area contributed by atoms with Crippen molar-refractivity contribution in [2.45, 2.75) is 31.2 Å². The summed E-state index contributed by atoms with van der Waals surface area (Å²) in [6.45, 7) is 0. The van der Waals surface area contributed by atoms with Crippen molar-refractivity contribution in [3.05, 3.63) is 17.5 Å². The molecule has 9 heteroatoms. The minimum atomic E-state index is -3.30. The van der Waals surface area contributed by atoms with Gasteiger partial charge in [0.15, 0.2) is 5.69 Å². The Labute approximate surface area is 121 Å². The molecule has 1 aliphatic carbocycles. The number of amides is 1. The second-order valence-electron chi connectivity index (χ2n) is 5.17. The van der Waals surface area contributed by atoms with Crippen LogP contribution in [0.1, 0.15) is 41.4 Å². The van der Waals surface area contributed by atoms with Crippen LogP contribution in [0.2, 0.25) is 0 Å². The first-order chi connectivity index (χ1) is 9.76. The summed E-state index contributed by atoms with van der Waals surface area (Å²) in [5, 5.41) is 14.9. The number of aliphatic carboxylic acids is 1. The van der Waals surface area contributed by atoms with Crippen molar-refractivity contribution in [1.82, 2.24) is 10.5 Å².